The Hall–Kier alpha value is -6.88. The van der Waals surface area contributed by atoms with Crippen molar-refractivity contribution in [3.63, 3.8) is 0 Å². The van der Waals surface area contributed by atoms with E-state index in [4.69, 9.17) is 0 Å². The van der Waals surface area contributed by atoms with E-state index in [0.717, 1.165) is 203 Å². The van der Waals surface area contributed by atoms with Crippen LogP contribution in [0.5, 0.6) is 0 Å². The van der Waals surface area contributed by atoms with Gasteiger partial charge in [-0.25, -0.2) is 18.7 Å². The summed E-state index contributed by atoms with van der Waals surface area (Å²) in [6, 6.07) is 0. The van der Waals surface area contributed by atoms with Gasteiger partial charge >= 0.3 is 0 Å². The lowest BCUT2D eigenvalue weighted by Crippen LogP contribution is -2.09. The molecule has 0 saturated carbocycles. The van der Waals surface area contributed by atoms with Crippen molar-refractivity contribution in [3.05, 3.63) is 95.1 Å². The highest BCUT2D eigenvalue weighted by Crippen LogP contribution is 2.21. The van der Waals surface area contributed by atoms with Crippen molar-refractivity contribution < 1.29 is 0 Å². The maximum Gasteiger partial charge on any atom is 0.0829 e. The summed E-state index contributed by atoms with van der Waals surface area (Å²) >= 11 is 0. The molecule has 0 aromatic carbocycles. The van der Waals surface area contributed by atoms with E-state index in [1.54, 1.807) is 0 Å². The Morgan fingerprint density at radius 3 is 0.745 bits per heavy atom. The lowest BCUT2D eigenvalue weighted by molar-refractivity contribution is 0.453. The largest absolute Gasteiger partial charge is 0.252 e. The molecule has 0 radical (unpaired) electrons. The maximum absolute atomic E-state index is 4.22. The quantitative estimate of drug-likeness (QED) is 0.0322. The lowest BCUT2D eigenvalue weighted by Gasteiger charge is -2.08. The molecule has 0 atom stereocenters. The zero-order valence-electron chi connectivity index (χ0n) is 98.1. The molecular formula is C117H226N24. The fraction of sp³-hybridized carbons (Fsp3) is 0.863. The summed E-state index contributed by atoms with van der Waals surface area (Å²) in [5.41, 5.74) is 9.79. The van der Waals surface area contributed by atoms with E-state index in [9.17, 15) is 0 Å². The molecule has 0 saturated heterocycles. The van der Waals surface area contributed by atoms with Crippen LogP contribution in [0.1, 0.15) is 505 Å². The summed E-state index contributed by atoms with van der Waals surface area (Å²) in [7, 11) is 0. The van der Waals surface area contributed by atoms with Crippen LogP contribution in [-0.4, -0.2) is 120 Å². The standard InChI is InChI=1S/2C16H31N3.C15H29N3.5C14H27N3/c2*1-14(2)9-5-6-11-16-13-17-18-19(16)12-8-7-10-15(3)4;1-13(2)8-6-5-7-9-15-12-16-17-18(15)11-10-14(3)4;1-12(2)7-5-6-10-17-11-14(15-16-17)9-8-13(3)4;1-12(2)7-5-6-8-14-11-17(16-15-14)10-9-13(3)4;1-12(2)8-6-5-7-9-14-10-15-16-17(14)11-13(3)4;1-12(2)8-6-5-7-9-17-11-14(15-16-17)10-13(3)4;1-12(2)8-6-5-7-9-14-11-17(16-15-14)10-13(3)4/h2*13-15H,5-12H2,1-4H3;12-14H,5-11H2,1-4H3;2*11-13H,5-10H2,1-4H3;10,12-13H,5-9,11H2,1-4H3;2*11-13H,5-10H2,1-4H3. The summed E-state index contributed by atoms with van der Waals surface area (Å²) in [4.78, 5) is 0. The predicted octanol–water partition coefficient (Wildman–Crippen LogP) is 31.5. The van der Waals surface area contributed by atoms with Crippen LogP contribution in [-0.2, 0) is 104 Å². The van der Waals surface area contributed by atoms with E-state index >= 15 is 0 Å². The maximum atomic E-state index is 4.22. The van der Waals surface area contributed by atoms with Crippen molar-refractivity contribution >= 4 is 0 Å². The lowest BCUT2D eigenvalue weighted by atomic mass is 10.0. The summed E-state index contributed by atoms with van der Waals surface area (Å²) < 4.78 is 16.3. The molecule has 8 rings (SSSR count). The number of unbranched alkanes of at least 4 members (excludes halogenated alkanes) is 14. The fourth-order valence-corrected chi connectivity index (χ4v) is 16.3. The molecule has 0 unspecified atom stereocenters. The average Bonchev–Trinajstić information content (AvgIpc) is 1.76. The van der Waals surface area contributed by atoms with Gasteiger partial charge in [0.1, 0.15) is 0 Å². The highest BCUT2D eigenvalue weighted by molar-refractivity contribution is 4.99. The number of hydrogen-bond acceptors (Lipinski definition) is 16. The molecule has 8 aromatic rings. The molecule has 0 aliphatic rings. The zero-order valence-corrected chi connectivity index (χ0v) is 98.1. The van der Waals surface area contributed by atoms with Gasteiger partial charge in [0.15, 0.2) is 0 Å². The Labute approximate surface area is 867 Å². The molecule has 814 valence electrons. The first-order valence-corrected chi connectivity index (χ1v) is 58.2. The molecule has 0 N–H and O–H groups in total. The smallest absolute Gasteiger partial charge is 0.0829 e. The van der Waals surface area contributed by atoms with Gasteiger partial charge in [0, 0.05) is 77.1 Å². The Balaban J connectivity index is 0.000000806. The monoisotopic (exact) mass is 1970 g/mol. The van der Waals surface area contributed by atoms with Crippen LogP contribution in [0.15, 0.2) is 49.6 Å². The molecule has 0 spiro atoms. The molecule has 0 aliphatic heterocycles. The van der Waals surface area contributed by atoms with Crippen molar-refractivity contribution in [1.29, 1.82) is 0 Å². The van der Waals surface area contributed by atoms with Crippen molar-refractivity contribution in [3.8, 4) is 0 Å². The van der Waals surface area contributed by atoms with Crippen LogP contribution in [0, 0.1) is 94.7 Å². The van der Waals surface area contributed by atoms with Crippen molar-refractivity contribution in [2.45, 2.75) is 563 Å². The van der Waals surface area contributed by atoms with Crippen LogP contribution in [0.25, 0.3) is 0 Å². The number of aryl methyl sites for hydroxylation is 13. The molecule has 0 bridgehead atoms. The van der Waals surface area contributed by atoms with E-state index in [0.29, 0.717) is 17.8 Å². The van der Waals surface area contributed by atoms with Crippen molar-refractivity contribution in [2.24, 2.45) is 94.7 Å². The molecule has 24 heteroatoms. The third kappa shape index (κ3) is 79.1. The number of rotatable bonds is 69. The van der Waals surface area contributed by atoms with E-state index in [2.05, 4.69) is 348 Å². The molecule has 0 amide bonds. The second-order valence-corrected chi connectivity index (χ2v) is 48.1. The third-order valence-electron chi connectivity index (χ3n) is 25.1. The second-order valence-electron chi connectivity index (χ2n) is 48.1. The second kappa shape index (κ2) is 84.2. The van der Waals surface area contributed by atoms with Gasteiger partial charge in [-0.1, -0.05) is 417 Å². The van der Waals surface area contributed by atoms with Gasteiger partial charge in [0.05, 0.1) is 70.3 Å². The fourth-order valence-electron chi connectivity index (χ4n) is 16.3. The highest BCUT2D eigenvalue weighted by Gasteiger charge is 2.14. The van der Waals surface area contributed by atoms with Gasteiger partial charge < -0.3 is 0 Å². The van der Waals surface area contributed by atoms with Crippen molar-refractivity contribution in [2.75, 3.05) is 0 Å². The summed E-state index contributed by atoms with van der Waals surface area (Å²) in [5.74, 6) is 12.4. The van der Waals surface area contributed by atoms with Gasteiger partial charge in [-0.15, -0.1) is 40.8 Å². The zero-order chi connectivity index (χ0) is 105. The SMILES string of the molecule is CC(C)CCCCCc1cn(CC(C)C)nn1.CC(C)CCCCCc1cnnn1CC(C)C.CC(C)CCCCCc1cnnn1CCC(C)C.CC(C)CCCCCn1cc(CC(C)C)nn1.CC(C)CCCCc1cn(CCC(C)C)nn1.CC(C)CCCCc1cnnn1CCCCC(C)C.CC(C)CCCCc1cnnn1CCCCC(C)C.CC(C)CCCCn1cc(CCC(C)C)nn1. The molecule has 24 nitrogen and oxygen atoms in total. The summed E-state index contributed by atoms with van der Waals surface area (Å²) in [6.45, 7) is 80.6. The first-order chi connectivity index (χ1) is 67.2. The minimum Gasteiger partial charge on any atom is -0.252 e. The average molecular weight is 1970 g/mol. The van der Waals surface area contributed by atoms with Crippen LogP contribution < -0.4 is 0 Å². The summed E-state index contributed by atoms with van der Waals surface area (Å²) in [6.07, 6.45) is 72.7. The molecule has 8 aromatic heterocycles. The van der Waals surface area contributed by atoms with Crippen molar-refractivity contribution in [1.82, 2.24) is 120 Å². The molecule has 0 fully saturated rings. The summed E-state index contributed by atoms with van der Waals surface area (Å²) in [5, 5.41) is 66.5. The molecular weight excluding hydrogens is 1740 g/mol. The van der Waals surface area contributed by atoms with Crippen LogP contribution >= 0.6 is 0 Å². The first-order valence-electron chi connectivity index (χ1n) is 58.2. The molecule has 141 heavy (non-hydrogen) atoms. The first kappa shape index (κ1) is 132. The van der Waals surface area contributed by atoms with E-state index in [1.165, 1.54) is 260 Å². The Kier molecular flexibility index (Phi) is 78.9. The van der Waals surface area contributed by atoms with Crippen LogP contribution in [0.2, 0.25) is 0 Å². The van der Waals surface area contributed by atoms with E-state index < -0.39 is 0 Å². The number of hydrogen-bond donors (Lipinski definition) is 0. The van der Waals surface area contributed by atoms with Crippen LogP contribution in [0.4, 0.5) is 0 Å². The minimum absolute atomic E-state index is 0.635. The van der Waals surface area contributed by atoms with Gasteiger partial charge in [0.2, 0.25) is 0 Å². The number of nitrogens with zero attached hydrogens (tertiary/aromatic N) is 24. The Morgan fingerprint density at radius 2 is 0.404 bits per heavy atom. The van der Waals surface area contributed by atoms with Gasteiger partial charge in [-0.3, -0.25) is 18.7 Å². The molecule has 8 heterocycles. The topological polar surface area (TPSA) is 246 Å². The highest BCUT2D eigenvalue weighted by atomic mass is 15.5. The Bertz CT molecular complexity index is 3760. The van der Waals surface area contributed by atoms with Gasteiger partial charge in [-0.05, 0) is 230 Å². The third-order valence-corrected chi connectivity index (χ3v) is 25.1. The van der Waals surface area contributed by atoms with Crippen LogP contribution in [0.3, 0.4) is 0 Å². The van der Waals surface area contributed by atoms with Gasteiger partial charge in [0.25, 0.3) is 0 Å². The van der Waals surface area contributed by atoms with Gasteiger partial charge in [-0.2, -0.15) is 0 Å². The van der Waals surface area contributed by atoms with E-state index in [-0.39, 0.29) is 0 Å². The number of aromatic nitrogens is 24. The molecule has 0 aliphatic carbocycles. The Morgan fingerprint density at radius 1 is 0.170 bits per heavy atom. The predicted molar refractivity (Wildman–Crippen MR) is 598 cm³/mol. The normalized spacial score (nSPS) is 11.7. The van der Waals surface area contributed by atoms with E-state index in [1.807, 2.05) is 43.5 Å². The minimum atomic E-state index is 0.635.